The maximum Gasteiger partial charge on any atom is 0.410 e. The summed E-state index contributed by atoms with van der Waals surface area (Å²) in [5, 5.41) is 13.6. The van der Waals surface area contributed by atoms with Crippen LogP contribution < -0.4 is 5.32 Å². The summed E-state index contributed by atoms with van der Waals surface area (Å²) in [5.74, 6) is -1.19. The summed E-state index contributed by atoms with van der Waals surface area (Å²) in [7, 11) is 0. The third kappa shape index (κ3) is 6.19. The summed E-state index contributed by atoms with van der Waals surface area (Å²) in [6.07, 6.45) is 5.97. The molecule has 0 radical (unpaired) electrons. The van der Waals surface area contributed by atoms with Crippen molar-refractivity contribution in [2.45, 2.75) is 90.0 Å². The summed E-state index contributed by atoms with van der Waals surface area (Å²) >= 11 is 0. The number of alkyl halides is 1. The minimum atomic E-state index is -1.63. The molecule has 3 aromatic rings. The highest BCUT2D eigenvalue weighted by Gasteiger charge is 2.33. The van der Waals surface area contributed by atoms with Gasteiger partial charge in [0, 0.05) is 48.4 Å². The number of nitrogens with one attached hydrogen (secondary N) is 1. The van der Waals surface area contributed by atoms with Gasteiger partial charge in [-0.15, -0.1) is 0 Å². The van der Waals surface area contributed by atoms with Crippen LogP contribution in [0.15, 0.2) is 24.5 Å². The number of amides is 2. The number of nitrogens with zero attached hydrogens (tertiary/aromatic N) is 4. The van der Waals surface area contributed by atoms with Gasteiger partial charge in [-0.2, -0.15) is 0 Å². The lowest BCUT2D eigenvalue weighted by atomic mass is 9.94. The van der Waals surface area contributed by atoms with Crippen LogP contribution in [0.1, 0.15) is 105 Å². The van der Waals surface area contributed by atoms with E-state index in [0.29, 0.717) is 42.9 Å². The molecule has 2 N–H and O–H groups in total. The van der Waals surface area contributed by atoms with Crippen molar-refractivity contribution in [3.8, 4) is 0 Å². The number of likely N-dealkylation sites (tertiary alicyclic amines) is 1. The second kappa shape index (κ2) is 10.7. The maximum absolute atomic E-state index is 15.9. The monoisotopic (exact) mass is 569 g/mol. The standard InChI is InChI=1S/C30H37F2N5O4/c1-29(2,3)41-28(39)36-12-10-17(11-13-36)21-15-37-16-22(23(30(4,5)40)24(32)26(37)34-21)35-27(38)20-9-8-19(14-31)25(33-20)18-6-7-18/h8-9,15-18,40H,6-7,10-14H2,1-5H3,(H,35,38). The first kappa shape index (κ1) is 28.9. The first-order valence-corrected chi connectivity index (χ1v) is 14.0. The molecule has 1 saturated carbocycles. The largest absolute Gasteiger partial charge is 0.444 e. The quantitative estimate of drug-likeness (QED) is 0.388. The number of anilines is 1. The summed E-state index contributed by atoms with van der Waals surface area (Å²) in [6.45, 7) is 8.67. The third-order valence-corrected chi connectivity index (χ3v) is 7.48. The molecule has 0 atom stereocenters. The highest BCUT2D eigenvalue weighted by atomic mass is 19.1. The smallest absolute Gasteiger partial charge is 0.410 e. The van der Waals surface area contributed by atoms with E-state index in [0.717, 1.165) is 12.8 Å². The van der Waals surface area contributed by atoms with Crippen molar-refractivity contribution >= 4 is 23.3 Å². The van der Waals surface area contributed by atoms with Gasteiger partial charge >= 0.3 is 6.09 Å². The zero-order valence-electron chi connectivity index (χ0n) is 24.1. The average Bonchev–Trinajstić information content (AvgIpc) is 3.65. The number of hydrogen-bond donors (Lipinski definition) is 2. The topological polar surface area (TPSA) is 109 Å². The molecule has 3 aromatic heterocycles. The molecule has 4 heterocycles. The Morgan fingerprint density at radius 3 is 2.32 bits per heavy atom. The Balaban J connectivity index is 1.41. The van der Waals surface area contributed by atoms with Crippen LogP contribution in [-0.2, 0) is 17.0 Å². The summed E-state index contributed by atoms with van der Waals surface area (Å²) in [5.41, 5.74) is -0.386. The van der Waals surface area contributed by atoms with E-state index in [1.165, 1.54) is 30.5 Å². The number of piperidine rings is 1. The molecule has 0 spiro atoms. The predicted molar refractivity (Wildman–Crippen MR) is 149 cm³/mol. The number of carbonyl (C=O) groups excluding carboxylic acids is 2. The number of rotatable bonds is 6. The van der Waals surface area contributed by atoms with Gasteiger partial charge in [-0.3, -0.25) is 4.79 Å². The molecule has 5 rings (SSSR count). The Kier molecular flexibility index (Phi) is 7.52. The van der Waals surface area contributed by atoms with Crippen molar-refractivity contribution < 1.29 is 28.2 Å². The minimum Gasteiger partial charge on any atom is -0.444 e. The minimum absolute atomic E-state index is 0.00400. The van der Waals surface area contributed by atoms with Gasteiger partial charge in [0.05, 0.1) is 22.7 Å². The van der Waals surface area contributed by atoms with Crippen LogP contribution in [0.3, 0.4) is 0 Å². The Morgan fingerprint density at radius 1 is 1.05 bits per heavy atom. The molecular weight excluding hydrogens is 532 g/mol. The second-order valence-corrected chi connectivity index (χ2v) is 12.5. The molecule has 1 saturated heterocycles. The number of pyridine rings is 2. The molecule has 0 bridgehead atoms. The molecule has 0 aromatic carbocycles. The summed E-state index contributed by atoms with van der Waals surface area (Å²) < 4.78 is 36.4. The maximum atomic E-state index is 15.9. The van der Waals surface area contributed by atoms with Crippen LogP contribution in [0.25, 0.3) is 5.65 Å². The normalized spacial score (nSPS) is 16.7. The highest BCUT2D eigenvalue weighted by molar-refractivity contribution is 6.03. The fourth-order valence-corrected chi connectivity index (χ4v) is 5.32. The number of imidazole rings is 1. The van der Waals surface area contributed by atoms with Gasteiger partial charge in [0.15, 0.2) is 11.5 Å². The molecule has 11 heteroatoms. The van der Waals surface area contributed by atoms with E-state index in [4.69, 9.17) is 4.74 Å². The van der Waals surface area contributed by atoms with E-state index in [2.05, 4.69) is 15.3 Å². The average molecular weight is 570 g/mol. The first-order chi connectivity index (χ1) is 19.2. The van der Waals surface area contributed by atoms with E-state index >= 15 is 4.39 Å². The lowest BCUT2D eigenvalue weighted by Gasteiger charge is -2.32. The molecule has 220 valence electrons. The van der Waals surface area contributed by atoms with E-state index in [1.54, 1.807) is 17.2 Å². The Hall–Kier alpha value is -3.60. The lowest BCUT2D eigenvalue weighted by Crippen LogP contribution is -2.41. The molecule has 2 amide bonds. The van der Waals surface area contributed by atoms with Crippen LogP contribution in [-0.4, -0.2) is 55.1 Å². The molecule has 9 nitrogen and oxygen atoms in total. The fraction of sp³-hybridized carbons (Fsp3) is 0.533. The van der Waals surface area contributed by atoms with Gasteiger partial charge in [0.1, 0.15) is 18.0 Å². The van der Waals surface area contributed by atoms with Crippen molar-refractivity contribution in [2.75, 3.05) is 18.4 Å². The van der Waals surface area contributed by atoms with E-state index in [-0.39, 0.29) is 40.5 Å². The Bertz CT molecular complexity index is 1480. The molecule has 2 fully saturated rings. The molecule has 1 aliphatic heterocycles. The Morgan fingerprint density at radius 2 is 1.73 bits per heavy atom. The van der Waals surface area contributed by atoms with Gasteiger partial charge in [-0.1, -0.05) is 6.07 Å². The van der Waals surface area contributed by atoms with Crippen molar-refractivity contribution in [3.05, 3.63) is 58.6 Å². The summed E-state index contributed by atoms with van der Waals surface area (Å²) in [4.78, 5) is 36.3. The zero-order chi connectivity index (χ0) is 29.7. The number of carbonyl (C=O) groups is 2. The van der Waals surface area contributed by atoms with Crippen LogP contribution in [0.2, 0.25) is 0 Å². The summed E-state index contributed by atoms with van der Waals surface area (Å²) in [6, 6.07) is 3.01. The lowest BCUT2D eigenvalue weighted by molar-refractivity contribution is 0.0204. The fourth-order valence-electron chi connectivity index (χ4n) is 5.32. The van der Waals surface area contributed by atoms with Gasteiger partial charge in [0.25, 0.3) is 5.91 Å². The van der Waals surface area contributed by atoms with Crippen molar-refractivity contribution in [3.63, 3.8) is 0 Å². The predicted octanol–water partition coefficient (Wildman–Crippen LogP) is 5.81. The number of fused-ring (bicyclic) bond motifs is 1. The third-order valence-electron chi connectivity index (χ3n) is 7.48. The highest BCUT2D eigenvalue weighted by Crippen LogP contribution is 2.41. The van der Waals surface area contributed by atoms with Crippen molar-refractivity contribution in [1.82, 2.24) is 19.3 Å². The van der Waals surface area contributed by atoms with E-state index in [9.17, 15) is 19.1 Å². The van der Waals surface area contributed by atoms with Crippen molar-refractivity contribution in [2.24, 2.45) is 0 Å². The zero-order valence-corrected chi connectivity index (χ0v) is 24.1. The van der Waals surface area contributed by atoms with Crippen LogP contribution in [0.5, 0.6) is 0 Å². The van der Waals surface area contributed by atoms with Crippen LogP contribution >= 0.6 is 0 Å². The number of aromatic nitrogens is 3. The van der Waals surface area contributed by atoms with Gasteiger partial charge < -0.3 is 24.5 Å². The number of halogens is 2. The first-order valence-electron chi connectivity index (χ1n) is 14.0. The van der Waals surface area contributed by atoms with Gasteiger partial charge in [0.2, 0.25) is 0 Å². The SMILES string of the molecule is CC(C)(C)OC(=O)N1CCC(c2cn3cc(NC(=O)c4ccc(CF)c(C5CC5)n4)c(C(C)(C)O)c(F)c3n2)CC1. The van der Waals surface area contributed by atoms with Gasteiger partial charge in [-0.25, -0.2) is 23.5 Å². The van der Waals surface area contributed by atoms with Crippen molar-refractivity contribution in [1.29, 1.82) is 0 Å². The Labute approximate surface area is 237 Å². The van der Waals surface area contributed by atoms with Crippen LogP contribution in [0.4, 0.5) is 19.3 Å². The van der Waals surface area contributed by atoms with E-state index < -0.39 is 29.6 Å². The number of ether oxygens (including phenoxy) is 1. The molecule has 0 unspecified atom stereocenters. The molecular formula is C30H37F2N5O4. The number of aliphatic hydroxyl groups is 1. The molecule has 1 aliphatic carbocycles. The molecule has 41 heavy (non-hydrogen) atoms. The second-order valence-electron chi connectivity index (χ2n) is 12.5. The molecule has 2 aliphatic rings. The number of hydrogen-bond acceptors (Lipinski definition) is 6. The van der Waals surface area contributed by atoms with Gasteiger partial charge in [-0.05, 0) is 66.4 Å². The van der Waals surface area contributed by atoms with E-state index in [1.807, 2.05) is 20.8 Å². The van der Waals surface area contributed by atoms with Crippen LogP contribution in [0, 0.1) is 5.82 Å².